The highest BCUT2D eigenvalue weighted by Crippen LogP contribution is 2.29. The van der Waals surface area contributed by atoms with E-state index < -0.39 is 6.09 Å². The SMILES string of the molecule is COc1cc(/C=C/C(=O)c2ccccc2)ccc1OC(=O)N1CCOCC1. The van der Waals surface area contributed by atoms with E-state index in [4.69, 9.17) is 14.2 Å². The molecule has 6 heteroatoms. The number of carbonyl (C=O) groups excluding carboxylic acids is 2. The molecule has 0 radical (unpaired) electrons. The van der Waals surface area contributed by atoms with Crippen molar-refractivity contribution in [2.75, 3.05) is 33.4 Å². The van der Waals surface area contributed by atoms with Gasteiger partial charge in [0.25, 0.3) is 0 Å². The minimum Gasteiger partial charge on any atom is -0.493 e. The van der Waals surface area contributed by atoms with Crippen molar-refractivity contribution < 1.29 is 23.8 Å². The lowest BCUT2D eigenvalue weighted by Crippen LogP contribution is -2.42. The number of amides is 1. The number of hydrogen-bond acceptors (Lipinski definition) is 5. The molecule has 0 aliphatic carbocycles. The van der Waals surface area contributed by atoms with Gasteiger partial charge in [0.2, 0.25) is 0 Å². The summed E-state index contributed by atoms with van der Waals surface area (Å²) in [6, 6.07) is 14.2. The van der Waals surface area contributed by atoms with Gasteiger partial charge in [-0.05, 0) is 23.8 Å². The summed E-state index contributed by atoms with van der Waals surface area (Å²) >= 11 is 0. The van der Waals surface area contributed by atoms with Crippen LogP contribution in [0, 0.1) is 0 Å². The fraction of sp³-hybridized carbons (Fsp3) is 0.238. The van der Waals surface area contributed by atoms with Crippen molar-refractivity contribution >= 4 is 18.0 Å². The number of ketones is 1. The lowest BCUT2D eigenvalue weighted by molar-refractivity contribution is 0.0413. The number of allylic oxidation sites excluding steroid dienone is 1. The van der Waals surface area contributed by atoms with E-state index in [0.717, 1.165) is 5.56 Å². The highest BCUT2D eigenvalue weighted by atomic mass is 16.6. The van der Waals surface area contributed by atoms with Gasteiger partial charge in [0.05, 0.1) is 20.3 Å². The molecule has 6 nitrogen and oxygen atoms in total. The first kappa shape index (κ1) is 18.7. The van der Waals surface area contributed by atoms with Crippen molar-refractivity contribution in [3.8, 4) is 11.5 Å². The van der Waals surface area contributed by atoms with E-state index in [1.54, 1.807) is 41.3 Å². The Balaban J connectivity index is 1.69. The molecule has 1 fully saturated rings. The van der Waals surface area contributed by atoms with E-state index in [-0.39, 0.29) is 5.78 Å². The second-order valence-corrected chi connectivity index (χ2v) is 5.94. The predicted molar refractivity (Wildman–Crippen MR) is 101 cm³/mol. The summed E-state index contributed by atoms with van der Waals surface area (Å²) in [7, 11) is 1.50. The molecule has 1 saturated heterocycles. The van der Waals surface area contributed by atoms with Gasteiger partial charge in [-0.15, -0.1) is 0 Å². The van der Waals surface area contributed by atoms with Crippen LogP contribution in [0.3, 0.4) is 0 Å². The summed E-state index contributed by atoms with van der Waals surface area (Å²) in [4.78, 5) is 26.0. The fourth-order valence-corrected chi connectivity index (χ4v) is 2.65. The number of methoxy groups -OCH3 is 1. The van der Waals surface area contributed by atoms with Crippen LogP contribution in [0.15, 0.2) is 54.6 Å². The van der Waals surface area contributed by atoms with Gasteiger partial charge in [-0.2, -0.15) is 0 Å². The molecule has 0 aromatic heterocycles. The van der Waals surface area contributed by atoms with E-state index in [0.29, 0.717) is 43.4 Å². The lowest BCUT2D eigenvalue weighted by atomic mass is 10.1. The molecule has 1 heterocycles. The third-order valence-corrected chi connectivity index (χ3v) is 4.14. The third-order valence-electron chi connectivity index (χ3n) is 4.14. The minimum atomic E-state index is -0.431. The second kappa shape index (κ2) is 9.00. The number of nitrogens with zero attached hydrogens (tertiary/aromatic N) is 1. The number of carbonyl (C=O) groups is 2. The molecule has 1 aliphatic rings. The zero-order valence-electron chi connectivity index (χ0n) is 15.1. The van der Waals surface area contributed by atoms with E-state index in [1.807, 2.05) is 18.2 Å². The van der Waals surface area contributed by atoms with Crippen molar-refractivity contribution in [2.24, 2.45) is 0 Å². The van der Waals surface area contributed by atoms with Crippen LogP contribution in [0.5, 0.6) is 11.5 Å². The van der Waals surface area contributed by atoms with Crippen LogP contribution >= 0.6 is 0 Å². The summed E-state index contributed by atoms with van der Waals surface area (Å²) in [5, 5.41) is 0. The van der Waals surface area contributed by atoms with E-state index >= 15 is 0 Å². The molecule has 140 valence electrons. The molecular formula is C21H21NO5. The summed E-state index contributed by atoms with van der Waals surface area (Å²) in [6.07, 6.45) is 2.77. The van der Waals surface area contributed by atoms with Gasteiger partial charge in [0, 0.05) is 18.7 Å². The van der Waals surface area contributed by atoms with Crippen LogP contribution in [0.4, 0.5) is 4.79 Å². The van der Waals surface area contributed by atoms with Crippen molar-refractivity contribution in [3.63, 3.8) is 0 Å². The molecule has 1 amide bonds. The molecule has 1 aliphatic heterocycles. The van der Waals surface area contributed by atoms with E-state index in [1.165, 1.54) is 13.2 Å². The van der Waals surface area contributed by atoms with Gasteiger partial charge in [0.15, 0.2) is 17.3 Å². The van der Waals surface area contributed by atoms with Gasteiger partial charge in [0.1, 0.15) is 0 Å². The molecule has 0 bridgehead atoms. The normalized spacial score (nSPS) is 14.2. The van der Waals surface area contributed by atoms with Crippen molar-refractivity contribution in [1.82, 2.24) is 4.90 Å². The highest BCUT2D eigenvalue weighted by Gasteiger charge is 2.20. The Morgan fingerprint density at radius 2 is 1.78 bits per heavy atom. The largest absolute Gasteiger partial charge is 0.493 e. The minimum absolute atomic E-state index is 0.0858. The first-order chi connectivity index (χ1) is 13.2. The monoisotopic (exact) mass is 367 g/mol. The number of morpholine rings is 1. The van der Waals surface area contributed by atoms with Gasteiger partial charge < -0.3 is 19.1 Å². The lowest BCUT2D eigenvalue weighted by Gasteiger charge is -2.26. The predicted octanol–water partition coefficient (Wildman–Crippen LogP) is 3.42. The van der Waals surface area contributed by atoms with Crippen LogP contribution < -0.4 is 9.47 Å². The molecule has 0 saturated carbocycles. The number of benzene rings is 2. The van der Waals surface area contributed by atoms with Crippen LogP contribution in [0.25, 0.3) is 6.08 Å². The molecule has 0 N–H and O–H groups in total. The number of rotatable bonds is 5. The first-order valence-corrected chi connectivity index (χ1v) is 8.67. The van der Waals surface area contributed by atoms with Gasteiger partial charge in [-0.25, -0.2) is 4.79 Å². The maximum absolute atomic E-state index is 12.2. The zero-order valence-corrected chi connectivity index (χ0v) is 15.1. The molecular weight excluding hydrogens is 346 g/mol. The van der Waals surface area contributed by atoms with Crippen molar-refractivity contribution in [3.05, 3.63) is 65.7 Å². The van der Waals surface area contributed by atoms with E-state index in [2.05, 4.69) is 0 Å². The number of hydrogen-bond donors (Lipinski definition) is 0. The Bertz CT molecular complexity index is 826. The molecule has 2 aromatic carbocycles. The first-order valence-electron chi connectivity index (χ1n) is 8.67. The van der Waals surface area contributed by atoms with Crippen LogP contribution in [0.2, 0.25) is 0 Å². The van der Waals surface area contributed by atoms with Crippen molar-refractivity contribution in [2.45, 2.75) is 0 Å². The van der Waals surface area contributed by atoms with Crippen molar-refractivity contribution in [1.29, 1.82) is 0 Å². The Kier molecular flexibility index (Phi) is 6.22. The molecule has 0 unspecified atom stereocenters. The maximum atomic E-state index is 12.2. The summed E-state index contributed by atoms with van der Waals surface area (Å²) < 4.78 is 16.0. The summed E-state index contributed by atoms with van der Waals surface area (Å²) in [5.41, 5.74) is 1.39. The molecule has 0 atom stereocenters. The molecule has 2 aromatic rings. The highest BCUT2D eigenvalue weighted by molar-refractivity contribution is 6.06. The Labute approximate surface area is 158 Å². The molecule has 0 spiro atoms. The Morgan fingerprint density at radius 3 is 2.48 bits per heavy atom. The average molecular weight is 367 g/mol. The topological polar surface area (TPSA) is 65.1 Å². The zero-order chi connectivity index (χ0) is 19.1. The Hall–Kier alpha value is -3.12. The second-order valence-electron chi connectivity index (χ2n) is 5.94. The van der Waals surface area contributed by atoms with Crippen LogP contribution in [-0.2, 0) is 4.74 Å². The van der Waals surface area contributed by atoms with Gasteiger partial charge in [-0.3, -0.25) is 4.79 Å². The standard InChI is InChI=1S/C21H21NO5/c1-25-20-15-16(7-9-18(23)17-5-3-2-4-6-17)8-10-19(20)27-21(24)22-11-13-26-14-12-22/h2-10,15H,11-14H2,1H3/b9-7+. The van der Waals surface area contributed by atoms with Gasteiger partial charge >= 0.3 is 6.09 Å². The summed E-state index contributed by atoms with van der Waals surface area (Å²) in [5.74, 6) is 0.670. The molecule has 3 rings (SSSR count). The van der Waals surface area contributed by atoms with Crippen LogP contribution in [0.1, 0.15) is 15.9 Å². The van der Waals surface area contributed by atoms with Gasteiger partial charge in [-0.1, -0.05) is 42.5 Å². The Morgan fingerprint density at radius 1 is 1.04 bits per heavy atom. The smallest absolute Gasteiger partial charge is 0.415 e. The molecule has 27 heavy (non-hydrogen) atoms. The number of ether oxygens (including phenoxy) is 3. The fourth-order valence-electron chi connectivity index (χ4n) is 2.65. The average Bonchev–Trinajstić information content (AvgIpc) is 2.74. The quantitative estimate of drug-likeness (QED) is 0.598. The van der Waals surface area contributed by atoms with E-state index in [9.17, 15) is 9.59 Å². The summed E-state index contributed by atoms with van der Waals surface area (Å²) in [6.45, 7) is 2.02. The van der Waals surface area contributed by atoms with Crippen LogP contribution in [-0.4, -0.2) is 50.2 Å². The maximum Gasteiger partial charge on any atom is 0.415 e. The third kappa shape index (κ3) is 4.95.